The van der Waals surface area contributed by atoms with E-state index in [0.717, 1.165) is 0 Å². The van der Waals surface area contributed by atoms with Crippen LogP contribution in [-0.4, -0.2) is 0 Å². The van der Waals surface area contributed by atoms with E-state index >= 15 is 0 Å². The number of hydrogen-bond acceptors (Lipinski definition) is 0. The maximum absolute atomic E-state index is 2.00. The first-order chi connectivity index (χ1) is 3.00. The fourth-order valence-electron chi connectivity index (χ4n) is 0.385. The highest BCUT2D eigenvalue weighted by atomic mass is 19.0. The lowest BCUT2D eigenvalue weighted by molar-refractivity contribution is 1.11. The molecule has 0 amide bonds. The van der Waals surface area contributed by atoms with Gasteiger partial charge in [-0.25, -0.2) is 0 Å². The standard InChI is InChI=1S/C6H6.2FH/c1-2-4-6-5-3-1;;/h1-6H;2*1H. The van der Waals surface area contributed by atoms with Crippen molar-refractivity contribution in [3.8, 4) is 0 Å². The zero-order valence-corrected chi connectivity index (χ0v) is 4.28. The van der Waals surface area contributed by atoms with Gasteiger partial charge in [-0.05, 0) is 0 Å². The van der Waals surface area contributed by atoms with E-state index in [4.69, 9.17) is 0 Å². The minimum atomic E-state index is 0. The molecular formula is C6H8F2. The Morgan fingerprint density at radius 3 is 0.625 bits per heavy atom. The second-order valence-electron chi connectivity index (χ2n) is 1.15. The van der Waals surface area contributed by atoms with Crippen molar-refractivity contribution in [2.45, 2.75) is 0 Å². The molecule has 1 rings (SSSR count). The Labute approximate surface area is 46.9 Å². The molecule has 0 spiro atoms. The first-order valence-electron chi connectivity index (χ1n) is 2.00. The molecule has 0 nitrogen and oxygen atoms in total. The van der Waals surface area contributed by atoms with Crippen LogP contribution in [0.2, 0.25) is 0 Å². The lowest BCUT2D eigenvalue weighted by Gasteiger charge is -1.69. The van der Waals surface area contributed by atoms with Crippen molar-refractivity contribution >= 4 is 0 Å². The average molecular weight is 118 g/mol. The second-order valence-corrected chi connectivity index (χ2v) is 1.15. The summed E-state index contributed by atoms with van der Waals surface area (Å²) in [5.41, 5.74) is 0. The smallest absolute Gasteiger partial charge is 0.0623 e. The summed E-state index contributed by atoms with van der Waals surface area (Å²) >= 11 is 0. The van der Waals surface area contributed by atoms with Gasteiger partial charge >= 0.3 is 0 Å². The van der Waals surface area contributed by atoms with Gasteiger partial charge in [0.2, 0.25) is 0 Å². The number of rotatable bonds is 0. The molecule has 0 radical (unpaired) electrons. The van der Waals surface area contributed by atoms with Crippen LogP contribution in [0.5, 0.6) is 0 Å². The minimum absolute atomic E-state index is 0. The Kier molecular flexibility index (Phi) is 7.71. The third-order valence-electron chi connectivity index (χ3n) is 0.667. The van der Waals surface area contributed by atoms with E-state index < -0.39 is 0 Å². The van der Waals surface area contributed by atoms with E-state index in [1.54, 1.807) is 0 Å². The average Bonchev–Trinajstić information content (AvgIpc) is 1.72. The van der Waals surface area contributed by atoms with E-state index in [0.29, 0.717) is 0 Å². The van der Waals surface area contributed by atoms with Gasteiger partial charge in [-0.15, -0.1) is 0 Å². The van der Waals surface area contributed by atoms with Gasteiger partial charge in [0.1, 0.15) is 0 Å². The van der Waals surface area contributed by atoms with E-state index in [1.807, 2.05) is 36.4 Å². The summed E-state index contributed by atoms with van der Waals surface area (Å²) in [4.78, 5) is 0. The Morgan fingerprint density at radius 1 is 0.375 bits per heavy atom. The van der Waals surface area contributed by atoms with Crippen LogP contribution in [0, 0.1) is 0 Å². The zero-order valence-electron chi connectivity index (χ0n) is 4.28. The molecule has 0 aliphatic heterocycles. The highest BCUT2D eigenvalue weighted by molar-refractivity contribution is 4.99. The van der Waals surface area contributed by atoms with E-state index in [1.165, 1.54) is 0 Å². The maximum Gasteiger partial charge on any atom is -0.0623 e. The fourth-order valence-corrected chi connectivity index (χ4v) is 0.385. The van der Waals surface area contributed by atoms with Gasteiger partial charge < -0.3 is 0 Å². The Hall–Kier alpha value is -0.920. The molecule has 0 N–H and O–H groups in total. The van der Waals surface area contributed by atoms with E-state index in [9.17, 15) is 0 Å². The predicted molar refractivity (Wildman–Crippen MR) is 31.4 cm³/mol. The summed E-state index contributed by atoms with van der Waals surface area (Å²) in [6, 6.07) is 12.0. The topological polar surface area (TPSA) is 0 Å². The van der Waals surface area contributed by atoms with Crippen molar-refractivity contribution in [2.24, 2.45) is 0 Å². The lowest BCUT2D eigenvalue weighted by atomic mass is 10.4. The SMILES string of the molecule is F.F.c1ccccc1. The van der Waals surface area contributed by atoms with Gasteiger partial charge in [-0.3, -0.25) is 9.41 Å². The van der Waals surface area contributed by atoms with Gasteiger partial charge in [-0.1, -0.05) is 36.4 Å². The molecule has 0 saturated heterocycles. The Balaban J connectivity index is 0. The highest BCUT2D eigenvalue weighted by Crippen LogP contribution is 1.79. The van der Waals surface area contributed by atoms with Crippen LogP contribution < -0.4 is 0 Å². The molecule has 0 heterocycles. The molecule has 46 valence electrons. The van der Waals surface area contributed by atoms with Crippen molar-refractivity contribution in [2.75, 3.05) is 0 Å². The molecular weight excluding hydrogens is 110 g/mol. The quantitative estimate of drug-likeness (QED) is 0.488. The minimum Gasteiger partial charge on any atom is -0.269 e. The molecule has 2 heteroatoms. The fraction of sp³-hybridized carbons (Fsp3) is 0. The zero-order chi connectivity index (χ0) is 4.24. The summed E-state index contributed by atoms with van der Waals surface area (Å²) in [6.45, 7) is 0. The van der Waals surface area contributed by atoms with Crippen molar-refractivity contribution in [1.29, 1.82) is 0 Å². The number of hydrogen-bond donors (Lipinski definition) is 0. The lowest BCUT2D eigenvalue weighted by Crippen LogP contribution is -1.47. The van der Waals surface area contributed by atoms with Gasteiger partial charge in [-0.2, -0.15) is 0 Å². The van der Waals surface area contributed by atoms with Crippen LogP contribution in [0.4, 0.5) is 9.41 Å². The van der Waals surface area contributed by atoms with E-state index in [2.05, 4.69) is 0 Å². The van der Waals surface area contributed by atoms with Crippen LogP contribution in [0.25, 0.3) is 0 Å². The summed E-state index contributed by atoms with van der Waals surface area (Å²) in [5.74, 6) is 0. The van der Waals surface area contributed by atoms with Gasteiger partial charge in [0, 0.05) is 0 Å². The number of benzene rings is 1. The molecule has 0 saturated carbocycles. The Bertz CT molecular complexity index is 78.5. The van der Waals surface area contributed by atoms with Gasteiger partial charge in [0.05, 0.1) is 0 Å². The molecule has 1 aromatic rings. The van der Waals surface area contributed by atoms with Crippen LogP contribution in [0.15, 0.2) is 36.4 Å². The molecule has 8 heavy (non-hydrogen) atoms. The summed E-state index contributed by atoms with van der Waals surface area (Å²) in [6.07, 6.45) is 0. The molecule has 0 fully saturated rings. The first kappa shape index (κ1) is 10.1. The second kappa shape index (κ2) is 6.08. The maximum atomic E-state index is 2.00. The van der Waals surface area contributed by atoms with Crippen molar-refractivity contribution < 1.29 is 9.41 Å². The molecule has 1 aromatic carbocycles. The third kappa shape index (κ3) is 3.28. The molecule has 0 unspecified atom stereocenters. The summed E-state index contributed by atoms with van der Waals surface area (Å²) < 4.78 is 0. The van der Waals surface area contributed by atoms with Crippen molar-refractivity contribution in [3.05, 3.63) is 36.4 Å². The van der Waals surface area contributed by atoms with Crippen LogP contribution in [-0.2, 0) is 0 Å². The Morgan fingerprint density at radius 2 is 0.500 bits per heavy atom. The summed E-state index contributed by atoms with van der Waals surface area (Å²) in [5, 5.41) is 0. The summed E-state index contributed by atoms with van der Waals surface area (Å²) in [7, 11) is 0. The molecule has 0 aliphatic carbocycles. The molecule has 0 bridgehead atoms. The van der Waals surface area contributed by atoms with Crippen molar-refractivity contribution in [1.82, 2.24) is 0 Å². The van der Waals surface area contributed by atoms with E-state index in [-0.39, 0.29) is 9.41 Å². The molecule has 0 aliphatic rings. The van der Waals surface area contributed by atoms with Crippen molar-refractivity contribution in [3.63, 3.8) is 0 Å². The van der Waals surface area contributed by atoms with Crippen LogP contribution in [0.1, 0.15) is 0 Å². The highest BCUT2D eigenvalue weighted by Gasteiger charge is 1.57. The van der Waals surface area contributed by atoms with Crippen LogP contribution >= 0.6 is 0 Å². The monoisotopic (exact) mass is 118 g/mol. The number of halogens is 2. The molecule has 0 atom stereocenters. The van der Waals surface area contributed by atoms with Gasteiger partial charge in [0.15, 0.2) is 0 Å². The first-order valence-corrected chi connectivity index (χ1v) is 2.00. The third-order valence-corrected chi connectivity index (χ3v) is 0.667. The van der Waals surface area contributed by atoms with Crippen LogP contribution in [0.3, 0.4) is 0 Å². The predicted octanol–water partition coefficient (Wildman–Crippen LogP) is 1.99. The largest absolute Gasteiger partial charge is 0.269 e. The molecule has 0 aromatic heterocycles. The normalized spacial score (nSPS) is 6.00. The van der Waals surface area contributed by atoms with Gasteiger partial charge in [0.25, 0.3) is 0 Å².